The Labute approximate surface area is 178 Å². The highest BCUT2D eigenvalue weighted by atomic mass is 16.6. The van der Waals surface area contributed by atoms with E-state index in [1.165, 1.54) is 13.4 Å². The molecule has 0 radical (unpaired) electrons. The summed E-state index contributed by atoms with van der Waals surface area (Å²) in [5.74, 6) is 0.219. The molecule has 0 fully saturated rings. The molecule has 0 aliphatic carbocycles. The number of carbonyl (C=O) groups excluding carboxylic acids is 1. The van der Waals surface area contributed by atoms with Gasteiger partial charge in [-0.1, -0.05) is 18.2 Å². The van der Waals surface area contributed by atoms with E-state index in [1.54, 1.807) is 24.3 Å². The van der Waals surface area contributed by atoms with Crippen LogP contribution in [0.2, 0.25) is 0 Å². The first-order chi connectivity index (χ1) is 15.1. The summed E-state index contributed by atoms with van der Waals surface area (Å²) >= 11 is 0. The van der Waals surface area contributed by atoms with Gasteiger partial charge in [0.15, 0.2) is 0 Å². The molecule has 3 aromatic rings. The van der Waals surface area contributed by atoms with Crippen molar-refractivity contribution in [3.05, 3.63) is 76.1 Å². The Morgan fingerprint density at radius 2 is 1.94 bits per heavy atom. The summed E-state index contributed by atoms with van der Waals surface area (Å²) in [5.41, 5.74) is 7.05. The molecule has 10 heteroatoms. The van der Waals surface area contributed by atoms with Gasteiger partial charge in [0.25, 0.3) is 5.91 Å². The van der Waals surface area contributed by atoms with Gasteiger partial charge in [-0.15, -0.1) is 0 Å². The van der Waals surface area contributed by atoms with E-state index in [2.05, 4.69) is 20.8 Å². The number of anilines is 3. The van der Waals surface area contributed by atoms with E-state index in [-0.39, 0.29) is 17.3 Å². The number of methoxy groups -OCH3 is 1. The van der Waals surface area contributed by atoms with E-state index in [0.29, 0.717) is 17.9 Å². The van der Waals surface area contributed by atoms with Crippen molar-refractivity contribution in [2.75, 3.05) is 24.0 Å². The van der Waals surface area contributed by atoms with Crippen molar-refractivity contribution in [1.29, 1.82) is 0 Å². The molecule has 0 unspecified atom stereocenters. The van der Waals surface area contributed by atoms with Gasteiger partial charge in [-0.05, 0) is 48.7 Å². The Hall–Kier alpha value is -4.21. The fourth-order valence-electron chi connectivity index (χ4n) is 3.51. The number of nitrogens with one attached hydrogen (secondary N) is 2. The number of aryl methyl sites for hydroxylation is 1. The number of aromatic nitrogens is 2. The average molecular weight is 420 g/mol. The summed E-state index contributed by atoms with van der Waals surface area (Å²) in [5, 5.41) is 11.9. The van der Waals surface area contributed by atoms with Crippen LogP contribution >= 0.6 is 0 Å². The number of hydrogen-bond acceptors (Lipinski definition) is 8. The highest BCUT2D eigenvalue weighted by molar-refractivity contribution is 5.95. The normalized spacial score (nSPS) is 12.6. The lowest BCUT2D eigenvalue weighted by Gasteiger charge is -2.30. The summed E-state index contributed by atoms with van der Waals surface area (Å²) in [4.78, 5) is 33.8. The van der Waals surface area contributed by atoms with Crippen LogP contribution in [-0.4, -0.2) is 34.5 Å². The second-order valence-corrected chi connectivity index (χ2v) is 6.84. The highest BCUT2D eigenvalue weighted by Gasteiger charge is 2.30. The maximum absolute atomic E-state index is 12.4. The van der Waals surface area contributed by atoms with E-state index in [1.807, 2.05) is 29.2 Å². The van der Waals surface area contributed by atoms with Gasteiger partial charge in [-0.25, -0.2) is 9.97 Å². The summed E-state index contributed by atoms with van der Waals surface area (Å²) in [7, 11) is 1.53. The fraction of sp³-hybridized carbons (Fsp3) is 0.190. The topological polar surface area (TPSA) is 123 Å². The van der Waals surface area contributed by atoms with E-state index in [0.717, 1.165) is 24.1 Å². The minimum atomic E-state index is -0.547. The minimum absolute atomic E-state index is 0.0973. The van der Waals surface area contributed by atoms with E-state index in [4.69, 9.17) is 4.74 Å². The van der Waals surface area contributed by atoms with Gasteiger partial charge in [0.2, 0.25) is 11.6 Å². The van der Waals surface area contributed by atoms with E-state index in [9.17, 15) is 14.9 Å². The molecule has 2 heterocycles. The van der Waals surface area contributed by atoms with Gasteiger partial charge in [-0.3, -0.25) is 25.8 Å². The molecule has 0 spiro atoms. The molecule has 2 aromatic carbocycles. The second kappa shape index (κ2) is 8.66. The van der Waals surface area contributed by atoms with Crippen molar-refractivity contribution < 1.29 is 14.5 Å². The van der Waals surface area contributed by atoms with Crippen molar-refractivity contribution in [3.8, 4) is 5.75 Å². The number of carbonyl (C=O) groups is 1. The molecule has 4 rings (SSSR count). The number of rotatable bonds is 6. The Morgan fingerprint density at radius 1 is 1.16 bits per heavy atom. The summed E-state index contributed by atoms with van der Waals surface area (Å²) in [6, 6.07) is 14.2. The lowest BCUT2D eigenvalue weighted by atomic mass is 10.0. The molecule has 0 saturated heterocycles. The molecule has 0 bridgehead atoms. The highest BCUT2D eigenvalue weighted by Crippen LogP contribution is 2.39. The first kappa shape index (κ1) is 20.1. The fourth-order valence-corrected chi connectivity index (χ4v) is 3.51. The van der Waals surface area contributed by atoms with Crippen LogP contribution in [0.15, 0.2) is 54.9 Å². The van der Waals surface area contributed by atoms with Crippen molar-refractivity contribution in [1.82, 2.24) is 15.4 Å². The van der Waals surface area contributed by atoms with Gasteiger partial charge >= 0.3 is 5.69 Å². The third kappa shape index (κ3) is 4.08. The lowest BCUT2D eigenvalue weighted by molar-refractivity contribution is -0.383. The number of para-hydroxylation sites is 1. The van der Waals surface area contributed by atoms with Crippen molar-refractivity contribution in [2.24, 2.45) is 0 Å². The molecular weight excluding hydrogens is 400 g/mol. The molecule has 10 nitrogen and oxygen atoms in total. The van der Waals surface area contributed by atoms with Crippen LogP contribution in [0.1, 0.15) is 22.3 Å². The molecule has 1 amide bonds. The number of hydrogen-bond donors (Lipinski definition) is 2. The standard InChI is InChI=1S/C21H20N6O4/c1-31-16-10-8-15(9-11-16)21(28)25-24-19-18(27(29)30)20(23-13-22-19)26-12-4-6-14-5-2-3-7-17(14)26/h2-3,5,7-11,13H,4,6,12H2,1H3,(H,25,28)(H,22,23,24). The largest absolute Gasteiger partial charge is 0.497 e. The SMILES string of the molecule is COc1ccc(C(=O)NNc2ncnc(N3CCCc4ccccc43)c2[N+](=O)[O-])cc1. The number of benzene rings is 2. The maximum Gasteiger partial charge on any atom is 0.355 e. The molecule has 158 valence electrons. The molecular formula is C21H20N6O4. The van der Waals surface area contributed by atoms with E-state index < -0.39 is 10.8 Å². The zero-order valence-corrected chi connectivity index (χ0v) is 16.7. The van der Waals surface area contributed by atoms with E-state index >= 15 is 0 Å². The Morgan fingerprint density at radius 3 is 2.68 bits per heavy atom. The van der Waals surface area contributed by atoms with Crippen molar-refractivity contribution >= 4 is 28.9 Å². The molecule has 0 atom stereocenters. The van der Waals surface area contributed by atoms with Crippen LogP contribution < -0.4 is 20.5 Å². The smallest absolute Gasteiger partial charge is 0.355 e. The summed E-state index contributed by atoms with van der Waals surface area (Å²) < 4.78 is 5.07. The van der Waals surface area contributed by atoms with Crippen molar-refractivity contribution in [3.63, 3.8) is 0 Å². The summed E-state index contributed by atoms with van der Waals surface area (Å²) in [6.45, 7) is 0.590. The molecule has 31 heavy (non-hydrogen) atoms. The molecule has 1 aliphatic rings. The third-order valence-corrected chi connectivity index (χ3v) is 5.00. The van der Waals surface area contributed by atoms with Gasteiger partial charge in [0.05, 0.1) is 12.0 Å². The molecule has 1 aliphatic heterocycles. The van der Waals surface area contributed by atoms with Crippen LogP contribution in [0.25, 0.3) is 0 Å². The van der Waals surface area contributed by atoms with Crippen LogP contribution in [0.5, 0.6) is 5.75 Å². The van der Waals surface area contributed by atoms with Crippen molar-refractivity contribution in [2.45, 2.75) is 12.8 Å². The second-order valence-electron chi connectivity index (χ2n) is 6.84. The lowest BCUT2D eigenvalue weighted by Crippen LogP contribution is -2.31. The van der Waals surface area contributed by atoms with Crippen LogP contribution in [0, 0.1) is 10.1 Å². The number of amides is 1. The van der Waals surface area contributed by atoms with Gasteiger partial charge < -0.3 is 9.64 Å². The Balaban J connectivity index is 1.61. The summed E-state index contributed by atoms with van der Waals surface area (Å²) in [6.07, 6.45) is 2.98. The Bertz CT molecular complexity index is 1120. The monoisotopic (exact) mass is 420 g/mol. The first-order valence-corrected chi connectivity index (χ1v) is 9.63. The first-order valence-electron chi connectivity index (χ1n) is 9.63. The van der Waals surface area contributed by atoms with Gasteiger partial charge in [0, 0.05) is 17.8 Å². The Kier molecular flexibility index (Phi) is 5.61. The maximum atomic E-state index is 12.4. The van der Waals surface area contributed by atoms with Crippen LogP contribution in [-0.2, 0) is 6.42 Å². The molecule has 2 N–H and O–H groups in total. The quantitative estimate of drug-likeness (QED) is 0.460. The average Bonchev–Trinajstić information content (AvgIpc) is 2.81. The number of nitro groups is 1. The van der Waals surface area contributed by atoms with Crippen LogP contribution in [0.3, 0.4) is 0 Å². The third-order valence-electron chi connectivity index (χ3n) is 5.00. The van der Waals surface area contributed by atoms with Gasteiger partial charge in [0.1, 0.15) is 12.1 Å². The minimum Gasteiger partial charge on any atom is -0.497 e. The number of hydrazine groups is 1. The number of ether oxygens (including phenoxy) is 1. The number of fused-ring (bicyclic) bond motifs is 1. The zero-order chi connectivity index (χ0) is 21.8. The predicted octanol–water partition coefficient (Wildman–Crippen LogP) is 3.23. The molecule has 0 saturated carbocycles. The van der Waals surface area contributed by atoms with Crippen LogP contribution in [0.4, 0.5) is 23.0 Å². The predicted molar refractivity (Wildman–Crippen MR) is 115 cm³/mol. The zero-order valence-electron chi connectivity index (χ0n) is 16.7. The van der Waals surface area contributed by atoms with Gasteiger partial charge in [-0.2, -0.15) is 0 Å². The number of nitrogens with zero attached hydrogens (tertiary/aromatic N) is 4. The molecule has 1 aromatic heterocycles.